The van der Waals surface area contributed by atoms with Gasteiger partial charge in [-0.2, -0.15) is 0 Å². The Morgan fingerprint density at radius 1 is 1.55 bits per heavy atom. The fraction of sp³-hybridized carbons (Fsp3) is 1.00. The molecule has 0 rings (SSSR count). The molecule has 1 unspecified atom stereocenters. The Balaban J connectivity index is 0. The molecule has 0 aromatic rings. The zero-order valence-corrected chi connectivity index (χ0v) is 10.4. The zero-order chi connectivity index (χ0) is 8.20. The van der Waals surface area contributed by atoms with Crippen LogP contribution in [0.3, 0.4) is 0 Å². The SMILES string of the molecule is COCC(C)(C)CS(=O)[O-].[Na+]. The summed E-state index contributed by atoms with van der Waals surface area (Å²) in [5, 5.41) is 0. The van der Waals surface area contributed by atoms with E-state index in [9.17, 15) is 8.76 Å². The van der Waals surface area contributed by atoms with E-state index < -0.39 is 11.1 Å². The molecule has 0 spiro atoms. The Hall–Kier alpha value is 1.07. The Bertz CT molecular complexity index is 127. The standard InChI is InChI=1S/C6H14O3S.Na/c1-6(2,4-9-3)5-10(7)8;/h4-5H2,1-3H3,(H,7,8);/q;+1/p-1. The quantitative estimate of drug-likeness (QED) is 0.363. The molecule has 3 nitrogen and oxygen atoms in total. The number of ether oxygens (including phenoxy) is 1. The van der Waals surface area contributed by atoms with Gasteiger partial charge >= 0.3 is 29.6 Å². The van der Waals surface area contributed by atoms with E-state index in [0.29, 0.717) is 6.61 Å². The first-order valence-corrected chi connectivity index (χ1v) is 4.27. The minimum atomic E-state index is -1.97. The van der Waals surface area contributed by atoms with Crippen LogP contribution in [0.5, 0.6) is 0 Å². The molecule has 0 heterocycles. The van der Waals surface area contributed by atoms with Gasteiger partial charge in [-0.15, -0.1) is 0 Å². The predicted molar refractivity (Wildman–Crippen MR) is 39.4 cm³/mol. The van der Waals surface area contributed by atoms with Crippen LogP contribution in [0.2, 0.25) is 0 Å². The van der Waals surface area contributed by atoms with Crippen LogP contribution in [0.15, 0.2) is 0 Å². The van der Waals surface area contributed by atoms with Gasteiger partial charge in [-0.05, 0) is 5.41 Å². The van der Waals surface area contributed by atoms with Crippen LogP contribution in [0.25, 0.3) is 0 Å². The summed E-state index contributed by atoms with van der Waals surface area (Å²) in [6, 6.07) is 0. The van der Waals surface area contributed by atoms with Crippen LogP contribution in [-0.4, -0.2) is 28.2 Å². The van der Waals surface area contributed by atoms with E-state index >= 15 is 0 Å². The Kier molecular flexibility index (Phi) is 8.71. The maximum absolute atomic E-state index is 10.2. The van der Waals surface area contributed by atoms with Gasteiger partial charge in [0, 0.05) is 12.9 Å². The van der Waals surface area contributed by atoms with Gasteiger partial charge in [0.2, 0.25) is 0 Å². The van der Waals surface area contributed by atoms with Crippen LogP contribution < -0.4 is 29.6 Å². The molecule has 11 heavy (non-hydrogen) atoms. The van der Waals surface area contributed by atoms with E-state index in [-0.39, 0.29) is 40.7 Å². The first kappa shape index (κ1) is 14.6. The molecule has 0 aromatic carbocycles. The Labute approximate surface area is 92.5 Å². The molecule has 1 atom stereocenters. The third-order valence-corrected chi connectivity index (χ3v) is 2.06. The molecule has 0 saturated carbocycles. The third kappa shape index (κ3) is 8.98. The van der Waals surface area contributed by atoms with Crippen LogP contribution in [0.4, 0.5) is 0 Å². The van der Waals surface area contributed by atoms with Crippen molar-refractivity contribution >= 4 is 11.1 Å². The minimum Gasteiger partial charge on any atom is -0.772 e. The van der Waals surface area contributed by atoms with Gasteiger partial charge in [-0.3, -0.25) is 4.21 Å². The van der Waals surface area contributed by atoms with Crippen LogP contribution in [0.1, 0.15) is 13.8 Å². The fourth-order valence-corrected chi connectivity index (χ4v) is 1.47. The summed E-state index contributed by atoms with van der Waals surface area (Å²) in [4.78, 5) is 0. The minimum absolute atomic E-state index is 0. The van der Waals surface area contributed by atoms with E-state index in [0.717, 1.165) is 0 Å². The number of hydrogen-bond acceptors (Lipinski definition) is 3. The third-order valence-electron chi connectivity index (χ3n) is 1.04. The normalized spacial score (nSPS) is 13.8. The first-order valence-electron chi connectivity index (χ1n) is 3.03. The average molecular weight is 188 g/mol. The van der Waals surface area contributed by atoms with E-state index in [2.05, 4.69) is 0 Å². The molecule has 0 aliphatic rings. The average Bonchev–Trinajstić information content (AvgIpc) is 1.59. The van der Waals surface area contributed by atoms with Crippen molar-refractivity contribution in [2.45, 2.75) is 13.8 Å². The molecule has 0 aliphatic carbocycles. The summed E-state index contributed by atoms with van der Waals surface area (Å²) >= 11 is -1.97. The van der Waals surface area contributed by atoms with Crippen LogP contribution in [0, 0.1) is 5.41 Å². The smallest absolute Gasteiger partial charge is 0.772 e. The van der Waals surface area contributed by atoms with Crippen molar-refractivity contribution in [1.29, 1.82) is 0 Å². The topological polar surface area (TPSA) is 49.4 Å². The number of methoxy groups -OCH3 is 1. The van der Waals surface area contributed by atoms with Crippen molar-refractivity contribution in [2.24, 2.45) is 5.41 Å². The van der Waals surface area contributed by atoms with Crippen LogP contribution >= 0.6 is 0 Å². The molecule has 0 N–H and O–H groups in total. The molecule has 0 aromatic heterocycles. The monoisotopic (exact) mass is 188 g/mol. The van der Waals surface area contributed by atoms with Gasteiger partial charge < -0.3 is 9.29 Å². The van der Waals surface area contributed by atoms with E-state index in [1.54, 1.807) is 7.11 Å². The van der Waals surface area contributed by atoms with Gasteiger partial charge in [0.25, 0.3) is 0 Å². The van der Waals surface area contributed by atoms with Gasteiger partial charge in [-0.25, -0.2) is 0 Å². The van der Waals surface area contributed by atoms with Gasteiger partial charge in [0.15, 0.2) is 0 Å². The second-order valence-electron chi connectivity index (χ2n) is 3.05. The molecule has 0 fully saturated rings. The maximum atomic E-state index is 10.2. The van der Waals surface area contributed by atoms with E-state index in [1.807, 2.05) is 13.8 Å². The zero-order valence-electron chi connectivity index (χ0n) is 7.55. The van der Waals surface area contributed by atoms with E-state index in [4.69, 9.17) is 4.74 Å². The summed E-state index contributed by atoms with van der Waals surface area (Å²) in [5.74, 6) is 0.154. The predicted octanol–water partition coefficient (Wildman–Crippen LogP) is -2.46. The summed E-state index contributed by atoms with van der Waals surface area (Å²) in [6.07, 6.45) is 0. The fourth-order valence-electron chi connectivity index (χ4n) is 0.751. The molecule has 0 radical (unpaired) electrons. The van der Waals surface area contributed by atoms with Gasteiger partial charge in [0.1, 0.15) is 0 Å². The summed E-state index contributed by atoms with van der Waals surface area (Å²) in [5.41, 5.74) is -0.263. The van der Waals surface area contributed by atoms with Crippen molar-refractivity contribution in [1.82, 2.24) is 0 Å². The van der Waals surface area contributed by atoms with Crippen molar-refractivity contribution in [2.75, 3.05) is 19.5 Å². The molecular weight excluding hydrogens is 175 g/mol. The van der Waals surface area contributed by atoms with Gasteiger partial charge in [0.05, 0.1) is 6.61 Å². The molecule has 62 valence electrons. The largest absolute Gasteiger partial charge is 1.00 e. The molecule has 5 heteroatoms. The molecule has 0 bridgehead atoms. The van der Waals surface area contributed by atoms with E-state index in [1.165, 1.54) is 0 Å². The summed E-state index contributed by atoms with van der Waals surface area (Å²) < 4.78 is 25.3. The van der Waals surface area contributed by atoms with Gasteiger partial charge in [-0.1, -0.05) is 24.9 Å². The van der Waals surface area contributed by atoms with Crippen molar-refractivity contribution < 1.29 is 43.1 Å². The Morgan fingerprint density at radius 2 is 2.00 bits per heavy atom. The number of rotatable bonds is 4. The summed E-state index contributed by atoms with van der Waals surface area (Å²) in [7, 11) is 1.56. The van der Waals surface area contributed by atoms with Crippen LogP contribution in [-0.2, 0) is 15.8 Å². The second kappa shape index (κ2) is 6.57. The first-order chi connectivity index (χ1) is 4.48. The maximum Gasteiger partial charge on any atom is 1.00 e. The second-order valence-corrected chi connectivity index (χ2v) is 3.94. The summed E-state index contributed by atoms with van der Waals surface area (Å²) in [6.45, 7) is 4.18. The number of hydrogen-bond donors (Lipinski definition) is 0. The molecular formula is C6H13NaO3S. The molecule has 0 aliphatic heterocycles. The Morgan fingerprint density at radius 3 is 2.27 bits per heavy atom. The van der Waals surface area contributed by atoms with Crippen molar-refractivity contribution in [3.8, 4) is 0 Å². The van der Waals surface area contributed by atoms with Crippen molar-refractivity contribution in [3.05, 3.63) is 0 Å². The molecule has 0 saturated heterocycles. The van der Waals surface area contributed by atoms with Crippen molar-refractivity contribution in [3.63, 3.8) is 0 Å². The molecule has 0 amide bonds.